The zero-order chi connectivity index (χ0) is 13.6. The van der Waals surface area contributed by atoms with Gasteiger partial charge in [-0.2, -0.15) is 0 Å². The number of hydrogen-bond donors (Lipinski definition) is 1. The summed E-state index contributed by atoms with van der Waals surface area (Å²) in [4.78, 5) is 28.8. The third kappa shape index (κ3) is 1.65. The van der Waals surface area contributed by atoms with Crippen molar-refractivity contribution in [3.63, 3.8) is 0 Å². The van der Waals surface area contributed by atoms with Crippen LogP contribution in [0.15, 0.2) is 6.07 Å². The van der Waals surface area contributed by atoms with Gasteiger partial charge in [-0.25, -0.2) is 4.39 Å². The van der Waals surface area contributed by atoms with Crippen molar-refractivity contribution in [3.05, 3.63) is 28.6 Å². The molecule has 1 heterocycles. The Morgan fingerprint density at radius 1 is 1.33 bits per heavy atom. The van der Waals surface area contributed by atoms with Gasteiger partial charge in [0.25, 0.3) is 11.8 Å². The highest BCUT2D eigenvalue weighted by atomic mass is 19.1. The minimum Gasteiger partial charge on any atom is -0.508 e. The topological polar surface area (TPSA) is 66.8 Å². The van der Waals surface area contributed by atoms with Gasteiger partial charge in [0.15, 0.2) is 0 Å². The maximum absolute atomic E-state index is 13.9. The molecule has 0 unspecified atom stereocenters. The van der Waals surface area contributed by atoms with Crippen molar-refractivity contribution in [1.82, 2.24) is 5.06 Å². The second-order valence-electron chi connectivity index (χ2n) is 4.32. The van der Waals surface area contributed by atoms with Crippen LogP contribution >= 0.6 is 0 Å². The summed E-state index contributed by atoms with van der Waals surface area (Å²) in [6.45, 7) is 4.61. The van der Waals surface area contributed by atoms with E-state index in [-0.39, 0.29) is 22.4 Å². The Labute approximate surface area is 103 Å². The lowest BCUT2D eigenvalue weighted by molar-refractivity contribution is -0.120. The molecule has 5 nitrogen and oxygen atoms in total. The summed E-state index contributed by atoms with van der Waals surface area (Å²) in [6, 6.07) is 1.08. The van der Waals surface area contributed by atoms with Gasteiger partial charge in [0.05, 0.1) is 17.2 Å². The van der Waals surface area contributed by atoms with Gasteiger partial charge >= 0.3 is 0 Å². The van der Waals surface area contributed by atoms with Crippen LogP contribution in [0.4, 0.5) is 4.39 Å². The molecule has 96 valence electrons. The lowest BCUT2D eigenvalue weighted by Crippen LogP contribution is -2.32. The fourth-order valence-corrected chi connectivity index (χ4v) is 1.72. The van der Waals surface area contributed by atoms with E-state index in [0.29, 0.717) is 5.06 Å². The van der Waals surface area contributed by atoms with Crippen molar-refractivity contribution >= 4 is 11.8 Å². The van der Waals surface area contributed by atoms with Crippen LogP contribution in [0, 0.1) is 12.7 Å². The SMILES string of the molecule is Cc1c(O)cc2c(c1F)C(=O)N(OC(C)C)C2=O. The van der Waals surface area contributed by atoms with Crippen LogP contribution in [0.5, 0.6) is 5.75 Å². The van der Waals surface area contributed by atoms with Gasteiger partial charge < -0.3 is 5.11 Å². The molecule has 0 radical (unpaired) electrons. The van der Waals surface area contributed by atoms with Crippen LogP contribution in [0.1, 0.15) is 40.1 Å². The number of phenols is 1. The largest absolute Gasteiger partial charge is 0.508 e. The zero-order valence-corrected chi connectivity index (χ0v) is 10.2. The minimum absolute atomic E-state index is 0.0682. The van der Waals surface area contributed by atoms with Crippen LogP contribution in [-0.4, -0.2) is 28.1 Å². The maximum Gasteiger partial charge on any atom is 0.288 e. The van der Waals surface area contributed by atoms with Crippen molar-refractivity contribution in [1.29, 1.82) is 0 Å². The van der Waals surface area contributed by atoms with Gasteiger partial charge in [0.2, 0.25) is 0 Å². The highest BCUT2D eigenvalue weighted by molar-refractivity contribution is 6.21. The Kier molecular flexibility index (Phi) is 2.82. The first-order valence-corrected chi connectivity index (χ1v) is 5.42. The van der Waals surface area contributed by atoms with E-state index < -0.39 is 23.7 Å². The van der Waals surface area contributed by atoms with E-state index in [2.05, 4.69) is 0 Å². The number of amides is 2. The number of rotatable bonds is 2. The van der Waals surface area contributed by atoms with E-state index in [1.807, 2.05) is 0 Å². The third-order valence-corrected chi connectivity index (χ3v) is 2.61. The van der Waals surface area contributed by atoms with Crippen LogP contribution in [-0.2, 0) is 4.84 Å². The summed E-state index contributed by atoms with van der Waals surface area (Å²) >= 11 is 0. The fraction of sp³-hybridized carbons (Fsp3) is 0.333. The number of nitrogens with zero attached hydrogens (tertiary/aromatic N) is 1. The normalized spacial score (nSPS) is 14.6. The monoisotopic (exact) mass is 253 g/mol. The predicted molar refractivity (Wildman–Crippen MR) is 59.5 cm³/mol. The third-order valence-electron chi connectivity index (χ3n) is 2.61. The van der Waals surface area contributed by atoms with E-state index in [1.165, 1.54) is 6.92 Å². The summed E-state index contributed by atoms with van der Waals surface area (Å²) in [6.07, 6.45) is -0.398. The fourth-order valence-electron chi connectivity index (χ4n) is 1.72. The Bertz CT molecular complexity index is 553. The molecular formula is C12H12FNO4. The molecular weight excluding hydrogens is 241 g/mol. The number of phenolic OH excluding ortho intramolecular Hbond substituents is 1. The molecule has 0 bridgehead atoms. The molecule has 0 aromatic heterocycles. The summed E-state index contributed by atoms with van der Waals surface area (Å²) in [5, 5.41) is 10.00. The Morgan fingerprint density at radius 2 is 1.94 bits per heavy atom. The van der Waals surface area contributed by atoms with Crippen LogP contribution in [0.3, 0.4) is 0 Å². The molecule has 1 N–H and O–H groups in total. The Balaban J connectivity index is 2.56. The van der Waals surface area contributed by atoms with Gasteiger partial charge in [0, 0.05) is 5.56 Å². The number of carbonyl (C=O) groups excluding carboxylic acids is 2. The highest BCUT2D eigenvalue weighted by Gasteiger charge is 2.41. The van der Waals surface area contributed by atoms with Crippen molar-refractivity contribution in [3.8, 4) is 5.75 Å². The molecule has 0 saturated carbocycles. The Morgan fingerprint density at radius 3 is 2.50 bits per heavy atom. The summed E-state index contributed by atoms with van der Waals surface area (Å²) in [5.41, 5.74) is -0.599. The molecule has 1 aliphatic rings. The molecule has 0 aliphatic carbocycles. The molecule has 6 heteroatoms. The number of halogens is 1. The molecule has 1 aromatic rings. The van der Waals surface area contributed by atoms with E-state index >= 15 is 0 Å². The standard InChI is InChI=1S/C12H12FNO4/c1-5(2)18-14-11(16)7-4-8(15)6(3)10(13)9(7)12(14)17/h4-5,15H,1-3H3. The van der Waals surface area contributed by atoms with Crippen molar-refractivity contribution < 1.29 is 23.9 Å². The second kappa shape index (κ2) is 4.06. The first kappa shape index (κ1) is 12.5. The van der Waals surface area contributed by atoms with E-state index in [1.54, 1.807) is 13.8 Å². The average molecular weight is 253 g/mol. The number of imide groups is 1. The summed E-state index contributed by atoms with van der Waals surface area (Å²) in [7, 11) is 0. The molecule has 2 amide bonds. The second-order valence-corrected chi connectivity index (χ2v) is 4.32. The summed E-state index contributed by atoms with van der Waals surface area (Å²) < 4.78 is 13.9. The van der Waals surface area contributed by atoms with Crippen molar-refractivity contribution in [2.45, 2.75) is 26.9 Å². The highest BCUT2D eigenvalue weighted by Crippen LogP contribution is 2.32. The first-order valence-electron chi connectivity index (χ1n) is 5.42. The van der Waals surface area contributed by atoms with Crippen LogP contribution in [0.2, 0.25) is 0 Å². The molecule has 1 aliphatic heterocycles. The summed E-state index contributed by atoms with van der Waals surface area (Å²) in [5.74, 6) is -2.86. The van der Waals surface area contributed by atoms with Gasteiger partial charge in [-0.1, -0.05) is 0 Å². The first-order chi connectivity index (χ1) is 8.34. The van der Waals surface area contributed by atoms with Gasteiger partial charge in [-0.05, 0) is 26.8 Å². The number of aromatic hydroxyl groups is 1. The van der Waals surface area contributed by atoms with Gasteiger partial charge in [0.1, 0.15) is 11.6 Å². The molecule has 18 heavy (non-hydrogen) atoms. The number of benzene rings is 1. The molecule has 0 atom stereocenters. The maximum atomic E-state index is 13.9. The average Bonchev–Trinajstić information content (AvgIpc) is 2.51. The smallest absolute Gasteiger partial charge is 0.288 e. The number of hydroxylamine groups is 2. The molecule has 0 spiro atoms. The van der Waals surface area contributed by atoms with Crippen LogP contribution in [0.25, 0.3) is 0 Å². The molecule has 2 rings (SSSR count). The minimum atomic E-state index is -0.891. The van der Waals surface area contributed by atoms with E-state index in [4.69, 9.17) is 4.84 Å². The van der Waals surface area contributed by atoms with Gasteiger partial charge in [-0.3, -0.25) is 14.4 Å². The lowest BCUT2D eigenvalue weighted by atomic mass is 10.0. The number of carbonyl (C=O) groups is 2. The molecule has 0 saturated heterocycles. The van der Waals surface area contributed by atoms with E-state index in [9.17, 15) is 19.1 Å². The number of hydrogen-bond acceptors (Lipinski definition) is 4. The van der Waals surface area contributed by atoms with E-state index in [0.717, 1.165) is 6.07 Å². The quantitative estimate of drug-likeness (QED) is 0.816. The Hall–Kier alpha value is -1.95. The molecule has 1 aromatic carbocycles. The van der Waals surface area contributed by atoms with Crippen LogP contribution < -0.4 is 0 Å². The van der Waals surface area contributed by atoms with Gasteiger partial charge in [-0.15, -0.1) is 5.06 Å². The molecule has 0 fully saturated rings. The predicted octanol–water partition coefficient (Wildman–Crippen LogP) is 1.78. The van der Waals surface area contributed by atoms with Crippen molar-refractivity contribution in [2.24, 2.45) is 0 Å². The van der Waals surface area contributed by atoms with Crippen molar-refractivity contribution in [2.75, 3.05) is 0 Å². The lowest BCUT2D eigenvalue weighted by Gasteiger charge is -2.15. The zero-order valence-electron chi connectivity index (χ0n) is 10.2. The number of fused-ring (bicyclic) bond motifs is 1.